The predicted octanol–water partition coefficient (Wildman–Crippen LogP) is 3.15. The Kier molecular flexibility index (Phi) is 5.88. The van der Waals surface area contributed by atoms with Gasteiger partial charge in [-0.1, -0.05) is 60.7 Å². The van der Waals surface area contributed by atoms with Gasteiger partial charge in [0, 0.05) is 13.5 Å². The fourth-order valence-corrected chi connectivity index (χ4v) is 2.47. The molecule has 0 fully saturated rings. The van der Waals surface area contributed by atoms with E-state index in [1.54, 1.807) is 31.2 Å². The van der Waals surface area contributed by atoms with E-state index in [-0.39, 0.29) is 6.42 Å². The number of carbonyl (C=O) groups excluding carboxylic acids is 1. The average Bonchev–Trinajstić information content (AvgIpc) is 2.60. The summed E-state index contributed by atoms with van der Waals surface area (Å²) in [6.45, 7) is 1.71. The highest BCUT2D eigenvalue weighted by atomic mass is 19.1. The Balaban J connectivity index is 2.00. The molecule has 0 aromatic heterocycles. The van der Waals surface area contributed by atoms with Gasteiger partial charge in [0.2, 0.25) is 0 Å². The van der Waals surface area contributed by atoms with Crippen LogP contribution in [-0.4, -0.2) is 35.2 Å². The Hall–Kier alpha value is -2.20. The molecule has 0 aliphatic heterocycles. The summed E-state index contributed by atoms with van der Waals surface area (Å²) in [5, 5.41) is 10.4. The molecule has 4 heteroatoms. The van der Waals surface area contributed by atoms with Gasteiger partial charge >= 0.3 is 0 Å². The average molecular weight is 315 g/mol. The second-order valence-electron chi connectivity index (χ2n) is 5.70. The number of hydrogen-bond acceptors (Lipinski definition) is 2. The van der Waals surface area contributed by atoms with Crippen molar-refractivity contribution in [2.75, 3.05) is 7.05 Å². The molecule has 1 unspecified atom stereocenters. The lowest BCUT2D eigenvalue weighted by molar-refractivity contribution is -0.139. The molecular weight excluding hydrogens is 293 g/mol. The fraction of sp³-hybridized carbons (Fsp3) is 0.316. The van der Waals surface area contributed by atoms with Crippen LogP contribution in [-0.2, 0) is 11.2 Å². The molecule has 0 heterocycles. The van der Waals surface area contributed by atoms with E-state index in [4.69, 9.17) is 0 Å². The largest absolute Gasteiger partial charge is 0.386 e. The van der Waals surface area contributed by atoms with Crippen LogP contribution in [0.1, 0.15) is 24.2 Å². The van der Waals surface area contributed by atoms with Crippen LogP contribution in [0.15, 0.2) is 60.7 Å². The zero-order valence-corrected chi connectivity index (χ0v) is 13.4. The minimum Gasteiger partial charge on any atom is -0.386 e. The van der Waals surface area contributed by atoms with Crippen molar-refractivity contribution in [3.63, 3.8) is 0 Å². The van der Waals surface area contributed by atoms with Crippen molar-refractivity contribution in [3.8, 4) is 0 Å². The first-order valence-electron chi connectivity index (χ1n) is 7.68. The molecule has 2 aromatic carbocycles. The zero-order valence-electron chi connectivity index (χ0n) is 13.4. The molecule has 0 radical (unpaired) electrons. The highest BCUT2D eigenvalue weighted by molar-refractivity contribution is 5.81. The number of alkyl halides is 1. The highest BCUT2D eigenvalue weighted by Crippen LogP contribution is 2.21. The van der Waals surface area contributed by atoms with E-state index in [2.05, 4.69) is 0 Å². The summed E-state index contributed by atoms with van der Waals surface area (Å²) in [5.41, 5.74) is 1.48. The first-order valence-corrected chi connectivity index (χ1v) is 7.68. The number of rotatable bonds is 6. The van der Waals surface area contributed by atoms with E-state index in [0.717, 1.165) is 5.56 Å². The van der Waals surface area contributed by atoms with Crippen molar-refractivity contribution >= 4 is 5.91 Å². The van der Waals surface area contributed by atoms with Gasteiger partial charge in [-0.15, -0.1) is 0 Å². The number of nitrogens with zero attached hydrogens (tertiary/aromatic N) is 1. The third-order valence-corrected chi connectivity index (χ3v) is 4.08. The summed E-state index contributed by atoms with van der Waals surface area (Å²) in [6.07, 6.45) is -2.43. The van der Waals surface area contributed by atoms with Crippen molar-refractivity contribution in [3.05, 3.63) is 71.8 Å². The molecule has 3 nitrogen and oxygen atoms in total. The number of hydrogen-bond donors (Lipinski definition) is 1. The van der Waals surface area contributed by atoms with E-state index >= 15 is 0 Å². The molecule has 2 rings (SSSR count). The summed E-state index contributed by atoms with van der Waals surface area (Å²) in [5.74, 6) is -0.615. The summed E-state index contributed by atoms with van der Waals surface area (Å²) in [4.78, 5) is 13.5. The maximum atomic E-state index is 14.3. The van der Waals surface area contributed by atoms with Gasteiger partial charge in [0.15, 0.2) is 6.17 Å². The first-order chi connectivity index (χ1) is 11.0. The Morgan fingerprint density at radius 3 is 2.17 bits per heavy atom. The van der Waals surface area contributed by atoms with Crippen LogP contribution >= 0.6 is 0 Å². The topological polar surface area (TPSA) is 40.5 Å². The number of benzene rings is 2. The van der Waals surface area contributed by atoms with Gasteiger partial charge < -0.3 is 10.0 Å². The molecule has 0 aliphatic rings. The van der Waals surface area contributed by atoms with Gasteiger partial charge in [0.25, 0.3) is 5.91 Å². The van der Waals surface area contributed by atoms with Gasteiger partial charge in [-0.25, -0.2) is 4.39 Å². The van der Waals surface area contributed by atoms with Gasteiger partial charge in [0.1, 0.15) is 0 Å². The van der Waals surface area contributed by atoms with Crippen LogP contribution in [0, 0.1) is 0 Å². The van der Waals surface area contributed by atoms with Gasteiger partial charge in [-0.3, -0.25) is 4.79 Å². The SMILES string of the molecule is C[C@@H]([C@@H](O)c1ccccc1)N(C)C(=O)C(F)Cc1ccccc1. The van der Waals surface area contributed by atoms with Crippen molar-refractivity contribution in [1.29, 1.82) is 0 Å². The third kappa shape index (κ3) is 4.39. The Labute approximate surface area is 136 Å². The van der Waals surface area contributed by atoms with Gasteiger partial charge in [-0.2, -0.15) is 0 Å². The molecule has 0 spiro atoms. The fourth-order valence-electron chi connectivity index (χ4n) is 2.47. The molecule has 1 N–H and O–H groups in total. The first kappa shape index (κ1) is 17.2. The maximum absolute atomic E-state index is 14.3. The molecule has 1 amide bonds. The number of likely N-dealkylation sites (N-methyl/N-ethyl adjacent to an activating group) is 1. The maximum Gasteiger partial charge on any atom is 0.257 e. The van der Waals surface area contributed by atoms with Crippen molar-refractivity contribution in [2.45, 2.75) is 31.7 Å². The normalized spacial score (nSPS) is 14.8. The van der Waals surface area contributed by atoms with Crippen molar-refractivity contribution in [2.24, 2.45) is 0 Å². The molecular formula is C19H22FNO2. The van der Waals surface area contributed by atoms with E-state index < -0.39 is 24.2 Å². The summed E-state index contributed by atoms with van der Waals surface area (Å²) >= 11 is 0. The quantitative estimate of drug-likeness (QED) is 0.889. The van der Waals surface area contributed by atoms with Crippen LogP contribution in [0.4, 0.5) is 4.39 Å². The lowest BCUT2D eigenvalue weighted by Crippen LogP contribution is -2.43. The van der Waals surface area contributed by atoms with Crippen LogP contribution in [0.3, 0.4) is 0 Å². The van der Waals surface area contributed by atoms with Crippen molar-refractivity contribution < 1.29 is 14.3 Å². The molecule has 23 heavy (non-hydrogen) atoms. The van der Waals surface area contributed by atoms with Gasteiger partial charge in [0.05, 0.1) is 12.1 Å². The molecule has 3 atom stereocenters. The summed E-state index contributed by atoms with van der Waals surface area (Å²) < 4.78 is 14.3. The summed E-state index contributed by atoms with van der Waals surface area (Å²) in [7, 11) is 1.52. The third-order valence-electron chi connectivity index (χ3n) is 4.08. The van der Waals surface area contributed by atoms with Crippen LogP contribution in [0.2, 0.25) is 0 Å². The number of halogens is 1. The smallest absolute Gasteiger partial charge is 0.257 e. The van der Waals surface area contributed by atoms with E-state index in [1.165, 1.54) is 11.9 Å². The van der Waals surface area contributed by atoms with E-state index in [0.29, 0.717) is 5.56 Å². The van der Waals surface area contributed by atoms with Crippen LogP contribution < -0.4 is 0 Å². The van der Waals surface area contributed by atoms with Crippen molar-refractivity contribution in [1.82, 2.24) is 4.90 Å². The number of carbonyl (C=O) groups is 1. The Bertz CT molecular complexity index is 618. The lowest BCUT2D eigenvalue weighted by atomic mass is 10.0. The standard InChI is InChI=1S/C19H22FNO2/c1-14(18(22)16-11-7-4-8-12-16)21(2)19(23)17(20)13-15-9-5-3-6-10-15/h3-12,14,17-18,22H,13H2,1-2H3/t14-,17?,18+/m0/s1. The number of aliphatic hydroxyl groups is 1. The predicted molar refractivity (Wildman–Crippen MR) is 88.7 cm³/mol. The molecule has 0 saturated carbocycles. The second-order valence-corrected chi connectivity index (χ2v) is 5.70. The Morgan fingerprint density at radius 2 is 1.61 bits per heavy atom. The molecule has 2 aromatic rings. The lowest BCUT2D eigenvalue weighted by Gasteiger charge is -2.30. The van der Waals surface area contributed by atoms with Crippen LogP contribution in [0.5, 0.6) is 0 Å². The minimum atomic E-state index is -1.62. The molecule has 0 bridgehead atoms. The van der Waals surface area contributed by atoms with E-state index in [9.17, 15) is 14.3 Å². The molecule has 0 aliphatic carbocycles. The molecule has 122 valence electrons. The molecule has 0 saturated heterocycles. The van der Waals surface area contributed by atoms with Crippen LogP contribution in [0.25, 0.3) is 0 Å². The second kappa shape index (κ2) is 7.88. The number of aliphatic hydroxyl groups excluding tert-OH is 1. The minimum absolute atomic E-state index is 0.0398. The number of amides is 1. The highest BCUT2D eigenvalue weighted by Gasteiger charge is 2.29. The monoisotopic (exact) mass is 315 g/mol. The zero-order chi connectivity index (χ0) is 16.8. The van der Waals surface area contributed by atoms with Gasteiger partial charge in [-0.05, 0) is 18.1 Å². The van der Waals surface area contributed by atoms with E-state index in [1.807, 2.05) is 36.4 Å². The Morgan fingerprint density at radius 1 is 1.09 bits per heavy atom. The summed E-state index contributed by atoms with van der Waals surface area (Å²) in [6, 6.07) is 17.6.